The van der Waals surface area contributed by atoms with E-state index in [-0.39, 0.29) is 35.4 Å². The van der Waals surface area contributed by atoms with Gasteiger partial charge in [-0.3, -0.25) is 10.2 Å². The van der Waals surface area contributed by atoms with Gasteiger partial charge in [0.1, 0.15) is 5.75 Å². The van der Waals surface area contributed by atoms with Gasteiger partial charge in [-0.2, -0.15) is 0 Å². The molecule has 1 fully saturated rings. The zero-order valence-electron chi connectivity index (χ0n) is 25.8. The zero-order valence-corrected chi connectivity index (χ0v) is 28.2. The van der Waals surface area contributed by atoms with Crippen LogP contribution in [0.4, 0.5) is 0 Å². The van der Waals surface area contributed by atoms with Crippen LogP contribution in [-0.2, 0) is 19.4 Å². The summed E-state index contributed by atoms with van der Waals surface area (Å²) in [7, 11) is -3.84. The Hall–Kier alpha value is -3.19. The fourth-order valence-electron chi connectivity index (χ4n) is 5.88. The molecule has 2 atom stereocenters. The lowest BCUT2D eigenvalue weighted by atomic mass is 9.84. The van der Waals surface area contributed by atoms with Gasteiger partial charge in [0.2, 0.25) is 5.90 Å². The van der Waals surface area contributed by atoms with Crippen LogP contribution in [0.15, 0.2) is 82.7 Å². The highest BCUT2D eigenvalue weighted by atomic mass is 35.5. The molecular formula is C34H39Cl2N3O7S. The number of amides is 1. The van der Waals surface area contributed by atoms with Crippen molar-refractivity contribution >= 4 is 44.8 Å². The Balaban J connectivity index is 1.52. The lowest BCUT2D eigenvalue weighted by molar-refractivity contribution is -0.130. The average Bonchev–Trinajstić information content (AvgIpc) is 3.45. The molecule has 252 valence electrons. The summed E-state index contributed by atoms with van der Waals surface area (Å²) in [5.74, 6) is -0.384. The number of aliphatic imine (C=N–C) groups is 1. The molecule has 0 saturated heterocycles. The van der Waals surface area contributed by atoms with E-state index in [0.29, 0.717) is 47.8 Å². The Bertz CT molecular complexity index is 1670. The van der Waals surface area contributed by atoms with Crippen molar-refractivity contribution in [1.29, 1.82) is 0 Å². The Morgan fingerprint density at radius 3 is 2.43 bits per heavy atom. The number of rotatable bonds is 14. The van der Waals surface area contributed by atoms with E-state index >= 15 is 0 Å². The molecule has 1 saturated carbocycles. The molecule has 0 bridgehead atoms. The molecule has 3 aromatic carbocycles. The van der Waals surface area contributed by atoms with Gasteiger partial charge in [-0.25, -0.2) is 18.8 Å². The fourth-order valence-corrected chi connectivity index (χ4v) is 7.78. The molecule has 0 unspecified atom stereocenters. The van der Waals surface area contributed by atoms with Crippen LogP contribution in [-0.4, -0.2) is 67.1 Å². The lowest BCUT2D eigenvalue weighted by Gasteiger charge is -2.34. The number of nitrogens with one attached hydrogen (secondary N) is 2. The first-order valence-corrected chi connectivity index (χ1v) is 18.1. The van der Waals surface area contributed by atoms with Crippen LogP contribution in [0.2, 0.25) is 10.0 Å². The highest BCUT2D eigenvalue weighted by Crippen LogP contribution is 2.45. The van der Waals surface area contributed by atoms with Crippen molar-refractivity contribution in [3.8, 4) is 5.75 Å². The highest BCUT2D eigenvalue weighted by molar-refractivity contribution is 7.91. The van der Waals surface area contributed by atoms with Crippen molar-refractivity contribution in [2.45, 2.75) is 67.1 Å². The number of benzene rings is 3. The first-order valence-electron chi connectivity index (χ1n) is 15.6. The second kappa shape index (κ2) is 15.4. The summed E-state index contributed by atoms with van der Waals surface area (Å²) in [5, 5.41) is 20.7. The first-order chi connectivity index (χ1) is 22.6. The van der Waals surface area contributed by atoms with E-state index < -0.39 is 38.7 Å². The number of hydrogen-bond donors (Lipinski definition) is 4. The minimum atomic E-state index is -3.84. The smallest absolute Gasteiger partial charge is 0.266 e. The van der Waals surface area contributed by atoms with Crippen LogP contribution in [0.1, 0.15) is 62.2 Å². The van der Waals surface area contributed by atoms with Gasteiger partial charge in [0, 0.05) is 47.2 Å². The summed E-state index contributed by atoms with van der Waals surface area (Å²) >= 11 is 12.9. The molecule has 0 spiro atoms. The number of aliphatic hydroxyl groups is 2. The number of hydrogen-bond acceptors (Lipinski definition) is 9. The number of halogens is 2. The van der Waals surface area contributed by atoms with Crippen LogP contribution in [0.5, 0.6) is 5.75 Å². The molecule has 0 aromatic heterocycles. The standard InChI is InChI=1S/C34H39Cl2N3O7S/c35-25-12-15-28(29(36)22-25)30-34(18-21-47(43,44)27-8-3-1-4-9-27,32(41)39-37-23-33(42)16-5-2-6-17-33)38-31(46-30)24-10-13-26(14-11-24)45-20-7-19-40/h1,3-4,8-15,22,30,37,40,42H,2,5-7,16-21,23H2,(H,39,41)/t30-,34-/m0/s1. The third kappa shape index (κ3) is 8.46. The monoisotopic (exact) mass is 703 g/mol. The minimum absolute atomic E-state index is 0.00958. The van der Waals surface area contributed by atoms with Gasteiger partial charge < -0.3 is 19.7 Å². The van der Waals surface area contributed by atoms with Gasteiger partial charge in [-0.1, -0.05) is 66.7 Å². The fraction of sp³-hybridized carbons (Fsp3) is 0.412. The number of hydrazine groups is 1. The first kappa shape index (κ1) is 35.1. The van der Waals surface area contributed by atoms with E-state index in [9.17, 15) is 18.3 Å². The SMILES string of the molecule is O=C(NNCC1(O)CCCCC1)[C@@]1(CCS(=O)(=O)c2ccccc2)N=C(c2ccc(OCCCO)cc2)O[C@H]1c1ccc(Cl)cc1Cl. The number of carbonyl (C=O) groups is 1. The second-order valence-corrected chi connectivity index (χ2v) is 14.9. The number of aliphatic hydroxyl groups excluding tert-OH is 1. The molecule has 2 aliphatic rings. The van der Waals surface area contributed by atoms with Crippen LogP contribution in [0.25, 0.3) is 0 Å². The topological polar surface area (TPSA) is 147 Å². The van der Waals surface area contributed by atoms with Crippen LogP contribution in [0, 0.1) is 0 Å². The average molecular weight is 705 g/mol. The maximum absolute atomic E-state index is 14.4. The van der Waals surface area contributed by atoms with Crippen molar-refractivity contribution in [2.24, 2.45) is 4.99 Å². The van der Waals surface area contributed by atoms with Gasteiger partial charge in [0.25, 0.3) is 5.91 Å². The van der Waals surface area contributed by atoms with Gasteiger partial charge in [-0.05, 0) is 61.4 Å². The largest absolute Gasteiger partial charge is 0.494 e. The number of ether oxygens (including phenoxy) is 2. The molecule has 1 amide bonds. The summed E-state index contributed by atoms with van der Waals surface area (Å²) in [6, 6.07) is 19.7. The Kier molecular flexibility index (Phi) is 11.5. The predicted octanol–water partition coefficient (Wildman–Crippen LogP) is 5.19. The molecule has 47 heavy (non-hydrogen) atoms. The van der Waals surface area contributed by atoms with Crippen molar-refractivity contribution in [2.75, 3.05) is 25.5 Å². The van der Waals surface area contributed by atoms with Gasteiger partial charge in [0.05, 0.1) is 22.9 Å². The van der Waals surface area contributed by atoms with Crippen LogP contribution in [0.3, 0.4) is 0 Å². The molecular weight excluding hydrogens is 665 g/mol. The summed E-state index contributed by atoms with van der Waals surface area (Å²) in [6.07, 6.45) is 3.12. The number of carbonyl (C=O) groups excluding carboxylic acids is 1. The van der Waals surface area contributed by atoms with Crippen molar-refractivity contribution in [1.82, 2.24) is 10.9 Å². The quantitative estimate of drug-likeness (QED) is 0.133. The Morgan fingerprint density at radius 1 is 1.02 bits per heavy atom. The van der Waals surface area contributed by atoms with E-state index in [1.54, 1.807) is 54.6 Å². The molecule has 3 aromatic rings. The lowest BCUT2D eigenvalue weighted by Crippen LogP contribution is -2.56. The molecule has 0 radical (unpaired) electrons. The molecule has 1 aliphatic carbocycles. The van der Waals surface area contributed by atoms with E-state index in [1.165, 1.54) is 18.2 Å². The predicted molar refractivity (Wildman–Crippen MR) is 180 cm³/mol. The molecule has 1 aliphatic heterocycles. The van der Waals surface area contributed by atoms with Crippen molar-refractivity contribution < 1.29 is 32.9 Å². The Labute approximate surface area is 285 Å². The van der Waals surface area contributed by atoms with Crippen molar-refractivity contribution in [3.05, 3.63) is 94.0 Å². The van der Waals surface area contributed by atoms with E-state index in [0.717, 1.165) is 19.3 Å². The molecule has 4 N–H and O–H groups in total. The third-order valence-electron chi connectivity index (χ3n) is 8.53. The van der Waals surface area contributed by atoms with E-state index in [4.69, 9.17) is 42.8 Å². The summed E-state index contributed by atoms with van der Waals surface area (Å²) in [5.41, 5.74) is 3.76. The molecule has 5 rings (SSSR count). The van der Waals surface area contributed by atoms with Crippen molar-refractivity contribution in [3.63, 3.8) is 0 Å². The molecule has 1 heterocycles. The number of nitrogens with zero attached hydrogens (tertiary/aromatic N) is 1. The Morgan fingerprint density at radius 2 is 1.74 bits per heavy atom. The van der Waals surface area contributed by atoms with E-state index in [1.807, 2.05) is 0 Å². The molecule has 13 heteroatoms. The van der Waals surface area contributed by atoms with Gasteiger partial charge >= 0.3 is 0 Å². The normalized spacial score (nSPS) is 20.7. The van der Waals surface area contributed by atoms with Crippen LogP contribution >= 0.6 is 23.2 Å². The highest BCUT2D eigenvalue weighted by Gasteiger charge is 2.54. The summed E-state index contributed by atoms with van der Waals surface area (Å²) < 4.78 is 39.1. The molecule has 10 nitrogen and oxygen atoms in total. The zero-order chi connectivity index (χ0) is 33.5. The maximum atomic E-state index is 14.4. The summed E-state index contributed by atoms with van der Waals surface area (Å²) in [6.45, 7) is 0.458. The van der Waals surface area contributed by atoms with Gasteiger partial charge in [0.15, 0.2) is 21.5 Å². The van der Waals surface area contributed by atoms with E-state index in [2.05, 4.69) is 10.9 Å². The van der Waals surface area contributed by atoms with Gasteiger partial charge in [-0.15, -0.1) is 0 Å². The van der Waals surface area contributed by atoms with Crippen LogP contribution < -0.4 is 15.6 Å². The minimum Gasteiger partial charge on any atom is -0.494 e. The third-order valence-corrected chi connectivity index (χ3v) is 10.8. The second-order valence-electron chi connectivity index (χ2n) is 11.9. The summed E-state index contributed by atoms with van der Waals surface area (Å²) in [4.78, 5) is 19.3. The number of sulfone groups is 1. The maximum Gasteiger partial charge on any atom is 0.266 e.